The highest BCUT2D eigenvalue weighted by Gasteiger charge is 2.12. The van der Waals surface area contributed by atoms with Crippen molar-refractivity contribution < 1.29 is 14.3 Å². The SMILES string of the molecule is CCc1ccc(C(=O)OCC(=O)Nc2ccccc2SCC#N)cc1. The molecular formula is C19H18N2O3S. The zero-order chi connectivity index (χ0) is 18.1. The molecule has 0 heterocycles. The molecule has 0 atom stereocenters. The summed E-state index contributed by atoms with van der Waals surface area (Å²) in [5.74, 6) is -0.677. The van der Waals surface area contributed by atoms with Gasteiger partial charge < -0.3 is 10.1 Å². The van der Waals surface area contributed by atoms with E-state index in [1.165, 1.54) is 11.8 Å². The monoisotopic (exact) mass is 354 g/mol. The van der Waals surface area contributed by atoms with Gasteiger partial charge in [0.2, 0.25) is 0 Å². The number of carbonyl (C=O) groups is 2. The molecule has 25 heavy (non-hydrogen) atoms. The van der Waals surface area contributed by atoms with Crippen LogP contribution in [0.3, 0.4) is 0 Å². The molecule has 0 bridgehead atoms. The lowest BCUT2D eigenvalue weighted by Gasteiger charge is -2.10. The van der Waals surface area contributed by atoms with Crippen LogP contribution < -0.4 is 5.32 Å². The summed E-state index contributed by atoms with van der Waals surface area (Å²) in [7, 11) is 0. The highest BCUT2D eigenvalue weighted by molar-refractivity contribution is 7.99. The number of nitriles is 1. The summed E-state index contributed by atoms with van der Waals surface area (Å²) in [6, 6.07) is 16.3. The molecule has 0 aliphatic carbocycles. The molecule has 1 N–H and O–H groups in total. The van der Waals surface area contributed by atoms with Crippen LogP contribution in [0.5, 0.6) is 0 Å². The molecule has 0 unspecified atom stereocenters. The summed E-state index contributed by atoms with van der Waals surface area (Å²) >= 11 is 1.33. The normalized spacial score (nSPS) is 9.92. The van der Waals surface area contributed by atoms with Crippen LogP contribution in [0, 0.1) is 11.3 Å². The van der Waals surface area contributed by atoms with Crippen molar-refractivity contribution in [2.75, 3.05) is 17.7 Å². The Balaban J connectivity index is 1.90. The Morgan fingerprint density at radius 2 is 1.88 bits per heavy atom. The summed E-state index contributed by atoms with van der Waals surface area (Å²) in [4.78, 5) is 24.8. The number of aryl methyl sites for hydroxylation is 1. The Hall–Kier alpha value is -2.78. The molecule has 6 heteroatoms. The van der Waals surface area contributed by atoms with Gasteiger partial charge in [-0.25, -0.2) is 4.79 Å². The highest BCUT2D eigenvalue weighted by atomic mass is 32.2. The van der Waals surface area contributed by atoms with Gasteiger partial charge in [0, 0.05) is 4.90 Å². The van der Waals surface area contributed by atoms with Gasteiger partial charge in [0.05, 0.1) is 23.1 Å². The van der Waals surface area contributed by atoms with Crippen molar-refractivity contribution in [1.82, 2.24) is 0 Å². The summed E-state index contributed by atoms with van der Waals surface area (Å²) < 4.78 is 5.05. The van der Waals surface area contributed by atoms with Crippen molar-refractivity contribution in [1.29, 1.82) is 5.26 Å². The number of amides is 1. The number of nitrogens with zero attached hydrogens (tertiary/aromatic N) is 1. The fourth-order valence-corrected chi connectivity index (χ4v) is 2.75. The van der Waals surface area contributed by atoms with E-state index in [1.54, 1.807) is 24.3 Å². The average molecular weight is 354 g/mol. The minimum absolute atomic E-state index is 0.287. The maximum atomic E-state index is 12.0. The third-order valence-corrected chi connectivity index (χ3v) is 4.33. The van der Waals surface area contributed by atoms with Crippen LogP contribution in [0.15, 0.2) is 53.4 Å². The molecule has 0 saturated carbocycles. The molecule has 0 aliphatic heterocycles. The fraction of sp³-hybridized carbons (Fsp3) is 0.211. The smallest absolute Gasteiger partial charge is 0.338 e. The van der Waals surface area contributed by atoms with Crippen LogP contribution in [0.2, 0.25) is 0 Å². The number of benzene rings is 2. The van der Waals surface area contributed by atoms with E-state index in [0.717, 1.165) is 16.9 Å². The van der Waals surface area contributed by atoms with Crippen LogP contribution in [-0.4, -0.2) is 24.2 Å². The van der Waals surface area contributed by atoms with E-state index in [1.807, 2.05) is 37.3 Å². The van der Waals surface area contributed by atoms with Crippen molar-refractivity contribution in [2.24, 2.45) is 0 Å². The zero-order valence-corrected chi connectivity index (χ0v) is 14.6. The Bertz CT molecular complexity index is 782. The Morgan fingerprint density at radius 1 is 1.16 bits per heavy atom. The molecule has 2 rings (SSSR count). The predicted molar refractivity (Wildman–Crippen MR) is 97.5 cm³/mol. The lowest BCUT2D eigenvalue weighted by Crippen LogP contribution is -2.21. The Kier molecular flexibility index (Phi) is 7.05. The Morgan fingerprint density at radius 3 is 2.56 bits per heavy atom. The highest BCUT2D eigenvalue weighted by Crippen LogP contribution is 2.26. The molecule has 0 aliphatic rings. The van der Waals surface area contributed by atoms with Gasteiger partial charge in [0.15, 0.2) is 6.61 Å². The van der Waals surface area contributed by atoms with E-state index < -0.39 is 11.9 Å². The van der Waals surface area contributed by atoms with Gasteiger partial charge in [-0.2, -0.15) is 5.26 Å². The third-order valence-electron chi connectivity index (χ3n) is 3.39. The van der Waals surface area contributed by atoms with Crippen LogP contribution >= 0.6 is 11.8 Å². The first-order valence-electron chi connectivity index (χ1n) is 7.78. The number of anilines is 1. The average Bonchev–Trinajstić information content (AvgIpc) is 2.65. The van der Waals surface area contributed by atoms with Crippen molar-refractivity contribution >= 4 is 29.3 Å². The number of hydrogen-bond donors (Lipinski definition) is 1. The van der Waals surface area contributed by atoms with E-state index in [-0.39, 0.29) is 12.4 Å². The van der Waals surface area contributed by atoms with Crippen LogP contribution in [0.4, 0.5) is 5.69 Å². The number of ether oxygens (including phenoxy) is 1. The first kappa shape index (κ1) is 18.6. The van der Waals surface area contributed by atoms with Crippen molar-refractivity contribution in [3.8, 4) is 6.07 Å². The summed E-state index contributed by atoms with van der Waals surface area (Å²) in [6.07, 6.45) is 0.890. The second-order valence-electron chi connectivity index (χ2n) is 5.12. The van der Waals surface area contributed by atoms with Gasteiger partial charge in [-0.1, -0.05) is 31.2 Å². The van der Waals surface area contributed by atoms with Gasteiger partial charge in [0.1, 0.15) is 0 Å². The van der Waals surface area contributed by atoms with Crippen molar-refractivity contribution in [3.05, 3.63) is 59.7 Å². The summed E-state index contributed by atoms with van der Waals surface area (Å²) in [5.41, 5.74) is 2.13. The Labute approximate surface area is 151 Å². The molecule has 0 fully saturated rings. The molecule has 0 aromatic heterocycles. The molecule has 0 spiro atoms. The van der Waals surface area contributed by atoms with E-state index in [0.29, 0.717) is 11.3 Å². The number of hydrogen-bond acceptors (Lipinski definition) is 5. The van der Waals surface area contributed by atoms with Crippen molar-refractivity contribution in [3.63, 3.8) is 0 Å². The standard InChI is InChI=1S/C19H18N2O3S/c1-2-14-7-9-15(10-8-14)19(23)24-13-18(22)21-16-5-3-4-6-17(16)25-12-11-20/h3-10H,2,12-13H2,1H3,(H,21,22). The number of carbonyl (C=O) groups excluding carboxylic acids is 2. The summed E-state index contributed by atoms with van der Waals surface area (Å²) in [5, 5.41) is 11.4. The topological polar surface area (TPSA) is 79.2 Å². The van der Waals surface area contributed by atoms with Gasteiger partial charge in [-0.15, -0.1) is 11.8 Å². The minimum atomic E-state index is -0.537. The molecule has 0 radical (unpaired) electrons. The summed E-state index contributed by atoms with van der Waals surface area (Å²) in [6.45, 7) is 1.66. The van der Waals surface area contributed by atoms with E-state index in [9.17, 15) is 9.59 Å². The molecule has 1 amide bonds. The number of para-hydroxylation sites is 1. The molecule has 128 valence electrons. The molecular weight excluding hydrogens is 336 g/mol. The quantitative estimate of drug-likeness (QED) is 0.606. The maximum Gasteiger partial charge on any atom is 0.338 e. The van der Waals surface area contributed by atoms with Gasteiger partial charge in [-0.3, -0.25) is 4.79 Å². The molecule has 2 aromatic rings. The largest absolute Gasteiger partial charge is 0.452 e. The second-order valence-corrected chi connectivity index (χ2v) is 6.13. The number of rotatable bonds is 7. The lowest BCUT2D eigenvalue weighted by atomic mass is 10.1. The second kappa shape index (κ2) is 9.50. The van der Waals surface area contributed by atoms with Gasteiger partial charge >= 0.3 is 5.97 Å². The minimum Gasteiger partial charge on any atom is -0.452 e. The first-order chi connectivity index (χ1) is 12.1. The third kappa shape index (κ3) is 5.66. The number of nitrogens with one attached hydrogen (secondary N) is 1. The molecule has 2 aromatic carbocycles. The maximum absolute atomic E-state index is 12.0. The molecule has 5 nitrogen and oxygen atoms in total. The number of esters is 1. The first-order valence-corrected chi connectivity index (χ1v) is 8.77. The lowest BCUT2D eigenvalue weighted by molar-refractivity contribution is -0.119. The van der Waals surface area contributed by atoms with Crippen molar-refractivity contribution in [2.45, 2.75) is 18.2 Å². The van der Waals surface area contributed by atoms with Gasteiger partial charge in [-0.05, 0) is 36.2 Å². The number of thioether (sulfide) groups is 1. The van der Waals surface area contributed by atoms with Gasteiger partial charge in [0.25, 0.3) is 5.91 Å². The van der Waals surface area contributed by atoms with E-state index >= 15 is 0 Å². The van der Waals surface area contributed by atoms with Crippen LogP contribution in [-0.2, 0) is 16.0 Å². The zero-order valence-electron chi connectivity index (χ0n) is 13.8. The molecule has 0 saturated heterocycles. The van der Waals surface area contributed by atoms with E-state index in [4.69, 9.17) is 10.00 Å². The van der Waals surface area contributed by atoms with Crippen LogP contribution in [0.25, 0.3) is 0 Å². The fourth-order valence-electron chi connectivity index (χ4n) is 2.08. The van der Waals surface area contributed by atoms with E-state index in [2.05, 4.69) is 5.32 Å². The van der Waals surface area contributed by atoms with Crippen LogP contribution in [0.1, 0.15) is 22.8 Å². The predicted octanol–water partition coefficient (Wildman–Crippen LogP) is 3.66.